The fourth-order valence-corrected chi connectivity index (χ4v) is 6.11. The first-order valence-electron chi connectivity index (χ1n) is 24.1. The van der Waals surface area contributed by atoms with Crippen molar-refractivity contribution in [1.29, 1.82) is 0 Å². The SMILES string of the molecule is CCCCCCCCCCCCCCCCCCOCCOCCOCCOCCOCCOCCOCCOCCOCCOCCOCCOc1ccc(NC(C)=O)cc1. The van der Waals surface area contributed by atoms with Gasteiger partial charge in [0.15, 0.2) is 0 Å². The molecule has 0 saturated carbocycles. The second-order valence-corrected chi connectivity index (χ2v) is 15.1. The van der Waals surface area contributed by atoms with Crippen molar-refractivity contribution in [3.8, 4) is 5.75 Å². The van der Waals surface area contributed by atoms with Gasteiger partial charge in [-0.3, -0.25) is 4.79 Å². The topological polar surface area (TPSA) is 140 Å². The first-order valence-corrected chi connectivity index (χ1v) is 24.1. The van der Waals surface area contributed by atoms with E-state index in [2.05, 4.69) is 12.2 Å². The van der Waals surface area contributed by atoms with E-state index in [-0.39, 0.29) is 5.91 Å². The standard InChI is InChI=1S/C48H89NO13/c1-3-4-5-6-7-8-9-10-11-12-13-14-15-16-17-18-23-51-24-25-52-26-27-53-28-29-54-30-31-55-32-33-56-34-35-57-36-37-58-38-39-59-40-41-60-42-43-61-44-45-62-48-21-19-47(20-22-48)49-46(2)50/h19-22H,3-18,23-45H2,1-2H3,(H,49,50). The lowest BCUT2D eigenvalue weighted by atomic mass is 10.0. The molecular formula is C48H89NO13. The van der Waals surface area contributed by atoms with Crippen LogP contribution in [0.3, 0.4) is 0 Å². The summed E-state index contributed by atoms with van der Waals surface area (Å²) in [5, 5.41) is 2.72. The molecule has 1 N–H and O–H groups in total. The first-order chi connectivity index (χ1) is 30.7. The first kappa shape index (κ1) is 58.1. The molecule has 1 amide bonds. The summed E-state index contributed by atoms with van der Waals surface area (Å²) in [5.41, 5.74) is 0.733. The number of benzene rings is 1. The third-order valence-corrected chi connectivity index (χ3v) is 9.53. The Morgan fingerprint density at radius 1 is 0.339 bits per heavy atom. The number of hydrogen-bond acceptors (Lipinski definition) is 13. The number of amides is 1. The molecule has 0 aromatic heterocycles. The summed E-state index contributed by atoms with van der Waals surface area (Å²) >= 11 is 0. The minimum Gasteiger partial charge on any atom is -0.491 e. The zero-order valence-electron chi connectivity index (χ0n) is 39.2. The molecule has 0 aliphatic carbocycles. The number of nitrogens with one attached hydrogen (secondary N) is 1. The average Bonchev–Trinajstić information content (AvgIpc) is 3.27. The number of carbonyl (C=O) groups excluding carboxylic acids is 1. The highest BCUT2D eigenvalue weighted by Crippen LogP contribution is 2.16. The Labute approximate surface area is 376 Å². The predicted molar refractivity (Wildman–Crippen MR) is 245 cm³/mol. The van der Waals surface area contributed by atoms with Gasteiger partial charge < -0.3 is 62.2 Å². The molecule has 0 radical (unpaired) electrons. The highest BCUT2D eigenvalue weighted by Gasteiger charge is 2.00. The molecule has 364 valence electrons. The molecule has 0 heterocycles. The maximum Gasteiger partial charge on any atom is 0.221 e. The van der Waals surface area contributed by atoms with E-state index in [9.17, 15) is 4.79 Å². The van der Waals surface area contributed by atoms with Gasteiger partial charge in [0.05, 0.1) is 139 Å². The Morgan fingerprint density at radius 3 is 0.855 bits per heavy atom. The Bertz CT molecular complexity index is 1020. The molecule has 1 aromatic carbocycles. The lowest BCUT2D eigenvalue weighted by Crippen LogP contribution is -2.15. The lowest BCUT2D eigenvalue weighted by molar-refractivity contribution is -0.114. The Balaban J connectivity index is 1.62. The van der Waals surface area contributed by atoms with Gasteiger partial charge in [-0.1, -0.05) is 103 Å². The monoisotopic (exact) mass is 888 g/mol. The van der Waals surface area contributed by atoms with Crippen LogP contribution in [-0.4, -0.2) is 158 Å². The van der Waals surface area contributed by atoms with E-state index in [1.165, 1.54) is 103 Å². The van der Waals surface area contributed by atoms with Crippen LogP contribution in [0, 0.1) is 0 Å². The summed E-state index contributed by atoms with van der Waals surface area (Å²) in [6.45, 7) is 15.9. The van der Waals surface area contributed by atoms with Crippen LogP contribution in [0.4, 0.5) is 5.69 Å². The van der Waals surface area contributed by atoms with Crippen molar-refractivity contribution in [2.24, 2.45) is 0 Å². The summed E-state index contributed by atoms with van der Waals surface area (Å²) in [5.74, 6) is 0.612. The molecule has 1 rings (SSSR count). The van der Waals surface area contributed by atoms with E-state index in [0.717, 1.165) is 24.5 Å². The van der Waals surface area contributed by atoms with Gasteiger partial charge in [-0.05, 0) is 30.7 Å². The van der Waals surface area contributed by atoms with Crippen LogP contribution < -0.4 is 10.1 Å². The van der Waals surface area contributed by atoms with E-state index >= 15 is 0 Å². The van der Waals surface area contributed by atoms with Gasteiger partial charge >= 0.3 is 0 Å². The zero-order chi connectivity index (χ0) is 44.3. The molecule has 14 heteroatoms. The van der Waals surface area contributed by atoms with E-state index in [0.29, 0.717) is 145 Å². The number of ether oxygens (including phenoxy) is 12. The molecule has 0 atom stereocenters. The molecule has 0 bridgehead atoms. The number of hydrogen-bond donors (Lipinski definition) is 1. The maximum absolute atomic E-state index is 11.1. The molecule has 62 heavy (non-hydrogen) atoms. The number of rotatable bonds is 52. The predicted octanol–water partition coefficient (Wildman–Crippen LogP) is 8.47. The van der Waals surface area contributed by atoms with E-state index in [1.54, 1.807) is 24.3 Å². The zero-order valence-corrected chi connectivity index (χ0v) is 39.2. The van der Waals surface area contributed by atoms with Crippen molar-refractivity contribution in [2.45, 2.75) is 117 Å². The van der Waals surface area contributed by atoms with Crippen LogP contribution in [0.15, 0.2) is 24.3 Å². The highest BCUT2D eigenvalue weighted by molar-refractivity contribution is 5.88. The minimum atomic E-state index is -0.106. The minimum absolute atomic E-state index is 0.106. The van der Waals surface area contributed by atoms with Crippen LogP contribution in [0.5, 0.6) is 5.75 Å². The summed E-state index contributed by atoms with van der Waals surface area (Å²) in [4.78, 5) is 11.1. The van der Waals surface area contributed by atoms with Crippen LogP contribution in [0.25, 0.3) is 0 Å². The largest absolute Gasteiger partial charge is 0.491 e. The van der Waals surface area contributed by atoms with Crippen LogP contribution in [-0.2, 0) is 56.9 Å². The summed E-state index contributed by atoms with van der Waals surface area (Å²) in [7, 11) is 0. The number of carbonyl (C=O) groups is 1. The van der Waals surface area contributed by atoms with Crippen molar-refractivity contribution in [3.05, 3.63) is 24.3 Å². The fraction of sp³-hybridized carbons (Fsp3) is 0.854. The van der Waals surface area contributed by atoms with Gasteiger partial charge in [0.25, 0.3) is 0 Å². The van der Waals surface area contributed by atoms with Gasteiger partial charge in [-0.2, -0.15) is 0 Å². The van der Waals surface area contributed by atoms with E-state index in [4.69, 9.17) is 56.8 Å². The van der Waals surface area contributed by atoms with Crippen LogP contribution >= 0.6 is 0 Å². The number of unbranched alkanes of at least 4 members (excludes halogenated alkanes) is 15. The smallest absolute Gasteiger partial charge is 0.221 e. The van der Waals surface area contributed by atoms with Gasteiger partial charge in [-0.15, -0.1) is 0 Å². The Morgan fingerprint density at radius 2 is 0.581 bits per heavy atom. The number of anilines is 1. The average molecular weight is 888 g/mol. The van der Waals surface area contributed by atoms with Crippen molar-refractivity contribution < 1.29 is 61.6 Å². The van der Waals surface area contributed by atoms with Crippen molar-refractivity contribution in [1.82, 2.24) is 0 Å². The molecule has 0 aliphatic rings. The highest BCUT2D eigenvalue weighted by atomic mass is 16.6. The maximum atomic E-state index is 11.1. The molecule has 0 saturated heterocycles. The van der Waals surface area contributed by atoms with E-state index < -0.39 is 0 Å². The van der Waals surface area contributed by atoms with Gasteiger partial charge in [0, 0.05) is 19.2 Å². The summed E-state index contributed by atoms with van der Waals surface area (Å²) in [6.07, 6.45) is 22.1. The molecule has 0 aliphatic heterocycles. The quantitative estimate of drug-likeness (QED) is 0.0627. The second-order valence-electron chi connectivity index (χ2n) is 15.1. The van der Waals surface area contributed by atoms with Gasteiger partial charge in [-0.25, -0.2) is 0 Å². The summed E-state index contributed by atoms with van der Waals surface area (Å²) in [6, 6.07) is 7.19. The van der Waals surface area contributed by atoms with Gasteiger partial charge in [0.2, 0.25) is 5.91 Å². The van der Waals surface area contributed by atoms with Crippen LogP contribution in [0.2, 0.25) is 0 Å². The molecule has 1 aromatic rings. The van der Waals surface area contributed by atoms with Gasteiger partial charge in [0.1, 0.15) is 12.4 Å². The van der Waals surface area contributed by atoms with E-state index in [1.807, 2.05) is 0 Å². The molecule has 14 nitrogen and oxygen atoms in total. The summed E-state index contributed by atoms with van der Waals surface area (Å²) < 4.78 is 66.6. The Hall–Kier alpha value is -1.95. The molecule has 0 spiro atoms. The van der Waals surface area contributed by atoms with Crippen molar-refractivity contribution >= 4 is 11.6 Å². The third kappa shape index (κ3) is 46.1. The molecule has 0 unspecified atom stereocenters. The Kier molecular flexibility index (Phi) is 46.9. The lowest BCUT2D eigenvalue weighted by Gasteiger charge is -2.09. The second kappa shape index (κ2) is 50.1. The normalized spacial score (nSPS) is 11.5. The molecule has 0 fully saturated rings. The van der Waals surface area contributed by atoms with Crippen molar-refractivity contribution in [2.75, 3.05) is 157 Å². The molecular weight excluding hydrogens is 799 g/mol. The fourth-order valence-electron chi connectivity index (χ4n) is 6.11. The van der Waals surface area contributed by atoms with Crippen molar-refractivity contribution in [3.63, 3.8) is 0 Å². The third-order valence-electron chi connectivity index (χ3n) is 9.53. The van der Waals surface area contributed by atoms with Crippen LogP contribution in [0.1, 0.15) is 117 Å².